The molecule has 108 valence electrons. The van der Waals surface area contributed by atoms with Gasteiger partial charge in [-0.05, 0) is 42.9 Å². The van der Waals surface area contributed by atoms with Gasteiger partial charge in [0.05, 0.1) is 0 Å². The molecule has 1 amide bonds. The van der Waals surface area contributed by atoms with Crippen LogP contribution < -0.4 is 5.32 Å². The summed E-state index contributed by atoms with van der Waals surface area (Å²) < 4.78 is 0. The fourth-order valence-electron chi connectivity index (χ4n) is 2.99. The summed E-state index contributed by atoms with van der Waals surface area (Å²) in [5, 5.41) is 3.63. The number of pyridine rings is 1. The second kappa shape index (κ2) is 5.92. The molecule has 2 unspecified atom stereocenters. The number of aromatic nitrogens is 1. The highest BCUT2D eigenvalue weighted by Crippen LogP contribution is 2.32. The lowest BCUT2D eigenvalue weighted by Crippen LogP contribution is -2.50. The number of amides is 1. The Hall–Kier alpha value is -1.42. The Labute approximate surface area is 120 Å². The molecule has 4 nitrogen and oxygen atoms in total. The van der Waals surface area contributed by atoms with Crippen molar-refractivity contribution in [3.8, 4) is 0 Å². The predicted octanol–water partition coefficient (Wildman–Crippen LogP) is 1.82. The van der Waals surface area contributed by atoms with Crippen molar-refractivity contribution >= 4 is 5.91 Å². The Kier molecular flexibility index (Phi) is 4.01. The average Bonchev–Trinajstić information content (AvgIpc) is 3.31. The highest BCUT2D eigenvalue weighted by molar-refractivity contribution is 5.81. The smallest absolute Gasteiger partial charge is 0.225 e. The minimum absolute atomic E-state index is 0.350. The number of rotatable bonds is 4. The summed E-state index contributed by atoms with van der Waals surface area (Å²) in [5.74, 6) is 1.27. The van der Waals surface area contributed by atoms with E-state index in [2.05, 4.69) is 22.1 Å². The van der Waals surface area contributed by atoms with Crippen LogP contribution in [0.15, 0.2) is 24.5 Å². The number of carbonyl (C=O) groups excluding carboxylic acids is 1. The molecule has 3 rings (SSSR count). The maximum Gasteiger partial charge on any atom is 0.225 e. The first kappa shape index (κ1) is 13.6. The number of hydrogen-bond donors (Lipinski definition) is 1. The predicted molar refractivity (Wildman–Crippen MR) is 77.9 cm³/mol. The minimum atomic E-state index is 0.350. The van der Waals surface area contributed by atoms with Gasteiger partial charge in [0.1, 0.15) is 0 Å². The number of nitrogens with one attached hydrogen (secondary N) is 1. The molecular formula is C16H23N3O. The van der Waals surface area contributed by atoms with Crippen molar-refractivity contribution in [1.82, 2.24) is 15.2 Å². The molecule has 2 fully saturated rings. The van der Waals surface area contributed by atoms with Gasteiger partial charge in [-0.2, -0.15) is 0 Å². The topological polar surface area (TPSA) is 45.2 Å². The second-order valence-corrected chi connectivity index (χ2v) is 6.17. The van der Waals surface area contributed by atoms with Gasteiger partial charge in [0.25, 0.3) is 0 Å². The largest absolute Gasteiger partial charge is 0.342 e. The van der Waals surface area contributed by atoms with E-state index in [0.717, 1.165) is 38.9 Å². The standard InChI is InChI=1S/C16H23N3O/c1-12-11-19(16(20)14-2-3-14)9-6-15(12)18-10-13-4-7-17-8-5-13/h4-5,7-8,12,14-15,18H,2-3,6,9-11H2,1H3. The van der Waals surface area contributed by atoms with E-state index in [9.17, 15) is 4.79 Å². The Bertz CT molecular complexity index is 458. The zero-order chi connectivity index (χ0) is 13.9. The number of nitrogens with zero attached hydrogens (tertiary/aromatic N) is 2. The molecule has 1 aromatic rings. The highest BCUT2D eigenvalue weighted by atomic mass is 16.2. The van der Waals surface area contributed by atoms with Crippen molar-refractivity contribution in [2.75, 3.05) is 13.1 Å². The first-order valence-corrected chi connectivity index (χ1v) is 7.65. The fourth-order valence-corrected chi connectivity index (χ4v) is 2.99. The first-order valence-electron chi connectivity index (χ1n) is 7.65. The van der Waals surface area contributed by atoms with E-state index in [4.69, 9.17) is 0 Å². The van der Waals surface area contributed by atoms with Crippen LogP contribution in [0.3, 0.4) is 0 Å². The molecule has 1 aliphatic heterocycles. The number of piperidine rings is 1. The summed E-state index contributed by atoms with van der Waals surface area (Å²) in [4.78, 5) is 18.2. The van der Waals surface area contributed by atoms with E-state index in [0.29, 0.717) is 23.8 Å². The van der Waals surface area contributed by atoms with Crippen LogP contribution in [0.4, 0.5) is 0 Å². The van der Waals surface area contributed by atoms with Crippen LogP contribution in [0.2, 0.25) is 0 Å². The fraction of sp³-hybridized carbons (Fsp3) is 0.625. The lowest BCUT2D eigenvalue weighted by molar-refractivity contribution is -0.134. The van der Waals surface area contributed by atoms with E-state index < -0.39 is 0 Å². The van der Waals surface area contributed by atoms with Crippen LogP contribution in [0.25, 0.3) is 0 Å². The Morgan fingerprint density at radius 2 is 2.10 bits per heavy atom. The molecule has 2 atom stereocenters. The summed E-state index contributed by atoms with van der Waals surface area (Å²) in [7, 11) is 0. The maximum atomic E-state index is 12.1. The Morgan fingerprint density at radius 3 is 2.75 bits per heavy atom. The molecule has 1 N–H and O–H groups in total. The zero-order valence-corrected chi connectivity index (χ0v) is 12.1. The molecule has 1 aliphatic carbocycles. The Balaban J connectivity index is 1.48. The monoisotopic (exact) mass is 273 g/mol. The van der Waals surface area contributed by atoms with Gasteiger partial charge in [-0.3, -0.25) is 9.78 Å². The molecule has 2 aliphatic rings. The molecule has 0 aromatic carbocycles. The van der Waals surface area contributed by atoms with Gasteiger partial charge in [-0.1, -0.05) is 6.92 Å². The maximum absolute atomic E-state index is 12.1. The van der Waals surface area contributed by atoms with Crippen LogP contribution >= 0.6 is 0 Å². The SMILES string of the molecule is CC1CN(C(=O)C2CC2)CCC1NCc1ccncc1. The van der Waals surface area contributed by atoms with Gasteiger partial charge in [0.15, 0.2) is 0 Å². The van der Waals surface area contributed by atoms with Crippen LogP contribution in [-0.4, -0.2) is 34.9 Å². The van der Waals surface area contributed by atoms with Crippen LogP contribution in [0.5, 0.6) is 0 Å². The third-order valence-corrected chi connectivity index (χ3v) is 4.46. The number of carbonyl (C=O) groups is 1. The molecule has 20 heavy (non-hydrogen) atoms. The molecule has 1 saturated carbocycles. The van der Waals surface area contributed by atoms with Gasteiger partial charge in [0, 0.05) is 44.0 Å². The summed E-state index contributed by atoms with van der Waals surface area (Å²) in [6.07, 6.45) is 6.93. The molecule has 0 radical (unpaired) electrons. The lowest BCUT2D eigenvalue weighted by Gasteiger charge is -2.37. The minimum Gasteiger partial charge on any atom is -0.342 e. The van der Waals surface area contributed by atoms with Crippen molar-refractivity contribution in [3.05, 3.63) is 30.1 Å². The van der Waals surface area contributed by atoms with Gasteiger partial charge in [-0.15, -0.1) is 0 Å². The first-order chi connectivity index (χ1) is 9.74. The van der Waals surface area contributed by atoms with E-state index in [-0.39, 0.29) is 0 Å². The number of likely N-dealkylation sites (tertiary alicyclic amines) is 1. The van der Waals surface area contributed by atoms with Crippen molar-refractivity contribution in [3.63, 3.8) is 0 Å². The highest BCUT2D eigenvalue weighted by Gasteiger charge is 2.36. The van der Waals surface area contributed by atoms with Gasteiger partial charge >= 0.3 is 0 Å². The number of hydrogen-bond acceptors (Lipinski definition) is 3. The normalized spacial score (nSPS) is 26.6. The zero-order valence-electron chi connectivity index (χ0n) is 12.1. The van der Waals surface area contributed by atoms with E-state index in [1.54, 1.807) is 0 Å². The molecular weight excluding hydrogens is 250 g/mol. The van der Waals surface area contributed by atoms with Crippen molar-refractivity contribution in [1.29, 1.82) is 0 Å². The summed E-state index contributed by atoms with van der Waals surface area (Å²) in [6.45, 7) is 4.95. The molecule has 2 heterocycles. The lowest BCUT2D eigenvalue weighted by atomic mass is 9.93. The van der Waals surface area contributed by atoms with Crippen LogP contribution in [-0.2, 0) is 11.3 Å². The Morgan fingerprint density at radius 1 is 1.35 bits per heavy atom. The van der Waals surface area contributed by atoms with E-state index in [1.165, 1.54) is 5.56 Å². The van der Waals surface area contributed by atoms with Gasteiger partial charge in [0.2, 0.25) is 5.91 Å². The molecule has 4 heteroatoms. The molecule has 1 saturated heterocycles. The molecule has 0 bridgehead atoms. The summed E-state index contributed by atoms with van der Waals surface area (Å²) in [5.41, 5.74) is 1.27. The van der Waals surface area contributed by atoms with E-state index in [1.807, 2.05) is 24.5 Å². The van der Waals surface area contributed by atoms with Gasteiger partial charge < -0.3 is 10.2 Å². The molecule has 1 aromatic heterocycles. The summed E-state index contributed by atoms with van der Waals surface area (Å²) in [6, 6.07) is 4.60. The quantitative estimate of drug-likeness (QED) is 0.910. The second-order valence-electron chi connectivity index (χ2n) is 6.17. The third kappa shape index (κ3) is 3.18. The molecule has 0 spiro atoms. The van der Waals surface area contributed by atoms with E-state index >= 15 is 0 Å². The average molecular weight is 273 g/mol. The third-order valence-electron chi connectivity index (χ3n) is 4.46. The van der Waals surface area contributed by atoms with Crippen molar-refractivity contribution < 1.29 is 4.79 Å². The summed E-state index contributed by atoms with van der Waals surface area (Å²) >= 11 is 0. The van der Waals surface area contributed by atoms with Crippen LogP contribution in [0, 0.1) is 11.8 Å². The van der Waals surface area contributed by atoms with Gasteiger partial charge in [-0.25, -0.2) is 0 Å². The van der Waals surface area contributed by atoms with Crippen molar-refractivity contribution in [2.24, 2.45) is 11.8 Å². The van der Waals surface area contributed by atoms with Crippen molar-refractivity contribution in [2.45, 2.75) is 38.8 Å². The van der Waals surface area contributed by atoms with Crippen LogP contribution in [0.1, 0.15) is 31.7 Å².